The Morgan fingerprint density at radius 1 is 0.846 bits per heavy atom. The maximum atomic E-state index is 13.5. The zero-order valence-corrected chi connectivity index (χ0v) is 23.1. The Morgan fingerprint density at radius 3 is 2.05 bits per heavy atom. The number of carbonyl (C=O) groups is 1. The highest BCUT2D eigenvalue weighted by Crippen LogP contribution is 2.30. The molecule has 1 unspecified atom stereocenters. The molecular formula is C34H37N3O2. The number of ether oxygens (including phenoxy) is 1. The third-order valence-electron chi connectivity index (χ3n) is 7.30. The maximum absolute atomic E-state index is 13.5. The predicted molar refractivity (Wildman–Crippen MR) is 160 cm³/mol. The first-order chi connectivity index (χ1) is 19.0. The molecule has 1 fully saturated rings. The van der Waals surface area contributed by atoms with Crippen molar-refractivity contribution in [2.24, 2.45) is 5.92 Å². The summed E-state index contributed by atoms with van der Waals surface area (Å²) >= 11 is 0. The number of anilines is 2. The van der Waals surface area contributed by atoms with Gasteiger partial charge in [0.1, 0.15) is 0 Å². The van der Waals surface area contributed by atoms with E-state index < -0.39 is 0 Å². The highest BCUT2D eigenvalue weighted by molar-refractivity contribution is 5.96. The molecule has 0 spiro atoms. The fraction of sp³-hybridized carbons (Fsp3) is 0.294. The van der Waals surface area contributed by atoms with E-state index in [0.29, 0.717) is 5.92 Å². The molecule has 1 aliphatic heterocycles. The first kappa shape index (κ1) is 26.6. The highest BCUT2D eigenvalue weighted by Gasteiger charge is 2.22. The van der Waals surface area contributed by atoms with E-state index in [1.165, 1.54) is 11.3 Å². The Kier molecular flexibility index (Phi) is 8.38. The van der Waals surface area contributed by atoms with E-state index in [2.05, 4.69) is 83.6 Å². The fourth-order valence-corrected chi connectivity index (χ4v) is 5.16. The van der Waals surface area contributed by atoms with Crippen LogP contribution in [-0.2, 0) is 9.53 Å². The number of nitrogens with zero attached hydrogens (tertiary/aromatic N) is 2. The third-order valence-corrected chi connectivity index (χ3v) is 7.30. The molecule has 1 N–H and O–H groups in total. The molecule has 3 aromatic carbocycles. The summed E-state index contributed by atoms with van der Waals surface area (Å²) in [6, 6.07) is 29.3. The summed E-state index contributed by atoms with van der Waals surface area (Å²) in [6.07, 6.45) is 2.61. The van der Waals surface area contributed by atoms with Gasteiger partial charge in [0.15, 0.2) is 0 Å². The van der Waals surface area contributed by atoms with E-state index in [-0.39, 0.29) is 11.8 Å². The molecule has 39 heavy (non-hydrogen) atoms. The largest absolute Gasteiger partial charge is 0.378 e. The van der Waals surface area contributed by atoms with E-state index in [1.807, 2.05) is 43.5 Å². The Bertz CT molecular complexity index is 1370. The molecule has 0 bridgehead atoms. The second-order valence-electron chi connectivity index (χ2n) is 10.7. The number of benzene rings is 3. The SMILES string of the molecule is Cc1cc(-c2ccc(NC(=O)C(CC(C)C)c3ccc(-c4ccc(N5CCOCC5)cc4)cc3)cc2)ccn1. The zero-order valence-electron chi connectivity index (χ0n) is 23.1. The zero-order chi connectivity index (χ0) is 27.2. The van der Waals surface area contributed by atoms with Crippen LogP contribution in [-0.4, -0.2) is 37.2 Å². The molecule has 1 atom stereocenters. The molecule has 0 saturated carbocycles. The van der Waals surface area contributed by atoms with Crippen LogP contribution in [0.4, 0.5) is 11.4 Å². The van der Waals surface area contributed by atoms with Gasteiger partial charge in [0, 0.05) is 36.4 Å². The van der Waals surface area contributed by atoms with Crippen LogP contribution in [0.1, 0.15) is 37.4 Å². The van der Waals surface area contributed by atoms with Crippen molar-refractivity contribution in [2.75, 3.05) is 36.5 Å². The number of aromatic nitrogens is 1. The molecule has 2 heterocycles. The van der Waals surface area contributed by atoms with Crippen LogP contribution in [0.5, 0.6) is 0 Å². The summed E-state index contributed by atoms with van der Waals surface area (Å²) in [6.45, 7) is 9.74. The lowest BCUT2D eigenvalue weighted by atomic mass is 9.88. The summed E-state index contributed by atoms with van der Waals surface area (Å²) in [5, 5.41) is 3.15. The number of hydrogen-bond acceptors (Lipinski definition) is 4. The molecule has 1 saturated heterocycles. The highest BCUT2D eigenvalue weighted by atomic mass is 16.5. The lowest BCUT2D eigenvalue weighted by Crippen LogP contribution is -2.36. The van der Waals surface area contributed by atoms with Gasteiger partial charge >= 0.3 is 0 Å². The normalized spacial score (nSPS) is 14.3. The van der Waals surface area contributed by atoms with Gasteiger partial charge in [-0.15, -0.1) is 0 Å². The van der Waals surface area contributed by atoms with E-state index in [4.69, 9.17) is 4.74 Å². The minimum atomic E-state index is -0.217. The predicted octanol–water partition coefficient (Wildman–Crippen LogP) is 7.33. The average molecular weight is 520 g/mol. The van der Waals surface area contributed by atoms with Crippen LogP contribution in [0.3, 0.4) is 0 Å². The lowest BCUT2D eigenvalue weighted by Gasteiger charge is -2.28. The van der Waals surface area contributed by atoms with E-state index >= 15 is 0 Å². The molecule has 4 aromatic rings. The van der Waals surface area contributed by atoms with Crippen molar-refractivity contribution >= 4 is 17.3 Å². The number of nitrogens with one attached hydrogen (secondary N) is 1. The molecule has 200 valence electrons. The van der Waals surface area contributed by atoms with Crippen molar-refractivity contribution in [2.45, 2.75) is 33.1 Å². The topological polar surface area (TPSA) is 54.5 Å². The third kappa shape index (κ3) is 6.73. The summed E-state index contributed by atoms with van der Waals surface area (Å²) in [4.78, 5) is 20.1. The molecule has 5 heteroatoms. The molecular weight excluding hydrogens is 482 g/mol. The van der Waals surface area contributed by atoms with Gasteiger partial charge in [-0.2, -0.15) is 0 Å². The second-order valence-corrected chi connectivity index (χ2v) is 10.7. The number of aryl methyl sites for hydroxylation is 1. The van der Waals surface area contributed by atoms with Crippen LogP contribution in [0.25, 0.3) is 22.3 Å². The summed E-state index contributed by atoms with van der Waals surface area (Å²) in [5.41, 5.74) is 8.61. The van der Waals surface area contributed by atoms with Crippen molar-refractivity contribution in [3.05, 3.63) is 102 Å². The van der Waals surface area contributed by atoms with Gasteiger partial charge in [-0.25, -0.2) is 0 Å². The van der Waals surface area contributed by atoms with Crippen LogP contribution >= 0.6 is 0 Å². The first-order valence-corrected chi connectivity index (χ1v) is 13.8. The van der Waals surface area contributed by atoms with Crippen molar-refractivity contribution in [3.8, 4) is 22.3 Å². The lowest BCUT2D eigenvalue weighted by molar-refractivity contribution is -0.117. The van der Waals surface area contributed by atoms with Gasteiger partial charge in [-0.05, 0) is 83.5 Å². The molecule has 5 nitrogen and oxygen atoms in total. The van der Waals surface area contributed by atoms with E-state index in [0.717, 1.165) is 66.4 Å². The Hall–Kier alpha value is -3.96. The molecule has 1 amide bonds. The van der Waals surface area contributed by atoms with Crippen molar-refractivity contribution < 1.29 is 9.53 Å². The second kappa shape index (κ2) is 12.3. The number of morpholine rings is 1. The minimum Gasteiger partial charge on any atom is -0.378 e. The standard InChI is InChI=1S/C34H37N3O2/c1-24(2)22-33(34(38)36-31-12-8-28(9-13-31)30-16-17-35-25(3)23-30)29-6-4-26(5-7-29)27-10-14-32(15-11-27)37-18-20-39-21-19-37/h4-17,23-24,33H,18-22H2,1-3H3,(H,36,38). The van der Waals surface area contributed by atoms with Gasteiger partial charge in [-0.1, -0.05) is 62.4 Å². The van der Waals surface area contributed by atoms with Gasteiger partial charge in [0.25, 0.3) is 0 Å². The summed E-state index contributed by atoms with van der Waals surface area (Å²) < 4.78 is 5.47. The molecule has 0 radical (unpaired) electrons. The quantitative estimate of drug-likeness (QED) is 0.265. The molecule has 1 aromatic heterocycles. The minimum absolute atomic E-state index is 0.0267. The van der Waals surface area contributed by atoms with Crippen LogP contribution < -0.4 is 10.2 Å². The number of amides is 1. The summed E-state index contributed by atoms with van der Waals surface area (Å²) in [5.74, 6) is 0.203. The number of pyridine rings is 1. The van der Waals surface area contributed by atoms with Crippen molar-refractivity contribution in [3.63, 3.8) is 0 Å². The van der Waals surface area contributed by atoms with Gasteiger partial charge in [0.2, 0.25) is 5.91 Å². The van der Waals surface area contributed by atoms with Crippen LogP contribution in [0.2, 0.25) is 0 Å². The number of hydrogen-bond donors (Lipinski definition) is 1. The molecule has 1 aliphatic rings. The Morgan fingerprint density at radius 2 is 1.44 bits per heavy atom. The number of rotatable bonds is 8. The summed E-state index contributed by atoms with van der Waals surface area (Å²) in [7, 11) is 0. The van der Waals surface area contributed by atoms with Crippen LogP contribution in [0.15, 0.2) is 91.1 Å². The van der Waals surface area contributed by atoms with Gasteiger partial charge in [-0.3, -0.25) is 9.78 Å². The van der Waals surface area contributed by atoms with E-state index in [1.54, 1.807) is 0 Å². The fourth-order valence-electron chi connectivity index (χ4n) is 5.16. The Balaban J connectivity index is 1.28. The molecule has 5 rings (SSSR count). The monoisotopic (exact) mass is 519 g/mol. The number of carbonyl (C=O) groups excluding carboxylic acids is 1. The average Bonchev–Trinajstić information content (AvgIpc) is 2.97. The first-order valence-electron chi connectivity index (χ1n) is 13.8. The van der Waals surface area contributed by atoms with Crippen molar-refractivity contribution in [1.82, 2.24) is 4.98 Å². The van der Waals surface area contributed by atoms with E-state index in [9.17, 15) is 4.79 Å². The van der Waals surface area contributed by atoms with Gasteiger partial charge < -0.3 is 15.0 Å². The maximum Gasteiger partial charge on any atom is 0.231 e. The smallest absolute Gasteiger partial charge is 0.231 e. The molecule has 0 aliphatic carbocycles. The van der Waals surface area contributed by atoms with Gasteiger partial charge in [0.05, 0.1) is 19.1 Å². The van der Waals surface area contributed by atoms with Crippen molar-refractivity contribution in [1.29, 1.82) is 0 Å². The van der Waals surface area contributed by atoms with Crippen LogP contribution in [0, 0.1) is 12.8 Å². The Labute approximate surface area is 231 Å².